The van der Waals surface area contributed by atoms with Crippen LogP contribution in [0.4, 0.5) is 0 Å². The smallest absolute Gasteiger partial charge is 0.177 e. The number of hydrogen-bond donors (Lipinski definition) is 0. The topological polar surface area (TPSA) is 73.4 Å². The molecule has 0 aliphatic heterocycles. The Kier molecular flexibility index (Phi) is 3.13. The number of halogens is 1. The summed E-state index contributed by atoms with van der Waals surface area (Å²) < 4.78 is 0.864. The maximum Gasteiger partial charge on any atom is 0.177 e. The van der Waals surface area contributed by atoms with Crippen LogP contribution in [-0.2, 0) is 0 Å². The molecule has 80 valence electrons. The van der Waals surface area contributed by atoms with Gasteiger partial charge in [-0.05, 0) is 6.07 Å². The summed E-state index contributed by atoms with van der Waals surface area (Å²) in [5, 5.41) is 17.6. The molecule has 5 heteroatoms. The summed E-state index contributed by atoms with van der Waals surface area (Å²) in [6.45, 7) is 0. The highest BCUT2D eigenvalue weighted by atomic mass is 79.9. The van der Waals surface area contributed by atoms with E-state index in [2.05, 4.69) is 25.9 Å². The van der Waals surface area contributed by atoms with E-state index < -0.39 is 0 Å². The zero-order valence-electron chi connectivity index (χ0n) is 8.55. The van der Waals surface area contributed by atoms with E-state index in [0.29, 0.717) is 5.69 Å². The molecule has 17 heavy (non-hydrogen) atoms. The molecule has 0 unspecified atom stereocenters. The van der Waals surface area contributed by atoms with Crippen LogP contribution in [0.3, 0.4) is 0 Å². The van der Waals surface area contributed by atoms with Crippen LogP contribution in [-0.4, -0.2) is 9.97 Å². The van der Waals surface area contributed by atoms with Gasteiger partial charge >= 0.3 is 0 Å². The van der Waals surface area contributed by atoms with Crippen LogP contribution in [0.2, 0.25) is 0 Å². The fourth-order valence-electron chi connectivity index (χ4n) is 1.35. The highest BCUT2D eigenvalue weighted by molar-refractivity contribution is 9.10. The van der Waals surface area contributed by atoms with Gasteiger partial charge in [-0.15, -0.1) is 0 Å². The van der Waals surface area contributed by atoms with Crippen LogP contribution < -0.4 is 0 Å². The summed E-state index contributed by atoms with van der Waals surface area (Å²) in [6.07, 6.45) is 1.49. The molecule has 0 saturated carbocycles. The summed E-state index contributed by atoms with van der Waals surface area (Å²) in [6, 6.07) is 11.2. The van der Waals surface area contributed by atoms with Crippen molar-refractivity contribution in [3.63, 3.8) is 0 Å². The third-order valence-corrected chi connectivity index (χ3v) is 2.83. The second-order valence-electron chi connectivity index (χ2n) is 3.16. The first-order valence-electron chi connectivity index (χ1n) is 4.68. The molecule has 2 aromatic rings. The normalized spacial score (nSPS) is 9.35. The zero-order valence-corrected chi connectivity index (χ0v) is 10.1. The standard InChI is InChI=1S/C12H5BrN4/c13-9-4-2-1-3-8(9)12-7-16-10(5-14)11(6-15)17-12/h1-4,7H. The maximum atomic E-state index is 8.87. The Morgan fingerprint density at radius 2 is 1.76 bits per heavy atom. The Morgan fingerprint density at radius 1 is 1.06 bits per heavy atom. The van der Waals surface area contributed by atoms with E-state index >= 15 is 0 Å². The molecule has 0 aliphatic carbocycles. The molecule has 0 saturated heterocycles. The van der Waals surface area contributed by atoms with Gasteiger partial charge in [0.2, 0.25) is 0 Å². The molecule has 4 nitrogen and oxygen atoms in total. The molecule has 0 N–H and O–H groups in total. The van der Waals surface area contributed by atoms with E-state index in [9.17, 15) is 0 Å². The van der Waals surface area contributed by atoms with Gasteiger partial charge in [0.15, 0.2) is 11.4 Å². The highest BCUT2D eigenvalue weighted by Gasteiger charge is 2.09. The number of hydrogen-bond acceptors (Lipinski definition) is 4. The Bertz CT molecular complexity index is 652. The Hall–Kier alpha value is -2.24. The van der Waals surface area contributed by atoms with Gasteiger partial charge in [-0.1, -0.05) is 34.1 Å². The molecule has 0 radical (unpaired) electrons. The zero-order chi connectivity index (χ0) is 12.3. The number of rotatable bonds is 1. The number of nitriles is 2. The third-order valence-electron chi connectivity index (χ3n) is 2.13. The molecule has 0 bridgehead atoms. The molecule has 1 heterocycles. The lowest BCUT2D eigenvalue weighted by Crippen LogP contribution is -1.96. The summed E-state index contributed by atoms with van der Waals surface area (Å²) >= 11 is 3.40. The van der Waals surface area contributed by atoms with Crippen LogP contribution in [0.5, 0.6) is 0 Å². The Balaban J connectivity index is 2.61. The average Bonchev–Trinajstić information content (AvgIpc) is 2.38. The summed E-state index contributed by atoms with van der Waals surface area (Å²) in [7, 11) is 0. The van der Waals surface area contributed by atoms with Crippen molar-refractivity contribution >= 4 is 15.9 Å². The van der Waals surface area contributed by atoms with Crippen molar-refractivity contribution in [2.24, 2.45) is 0 Å². The van der Waals surface area contributed by atoms with Crippen molar-refractivity contribution in [1.82, 2.24) is 9.97 Å². The monoisotopic (exact) mass is 284 g/mol. The molecule has 1 aromatic carbocycles. The first-order chi connectivity index (χ1) is 8.26. The lowest BCUT2D eigenvalue weighted by Gasteiger charge is -2.03. The average molecular weight is 285 g/mol. The van der Waals surface area contributed by atoms with Gasteiger partial charge in [-0.2, -0.15) is 10.5 Å². The maximum absolute atomic E-state index is 8.87. The van der Waals surface area contributed by atoms with E-state index in [1.165, 1.54) is 6.20 Å². The van der Waals surface area contributed by atoms with Gasteiger partial charge in [0.05, 0.1) is 11.9 Å². The Morgan fingerprint density at radius 3 is 2.41 bits per heavy atom. The number of benzene rings is 1. The fraction of sp³-hybridized carbons (Fsp3) is 0. The molecule has 0 aliphatic rings. The van der Waals surface area contributed by atoms with Crippen molar-refractivity contribution in [2.75, 3.05) is 0 Å². The highest BCUT2D eigenvalue weighted by Crippen LogP contribution is 2.26. The van der Waals surface area contributed by atoms with E-state index in [4.69, 9.17) is 10.5 Å². The van der Waals surface area contributed by atoms with Crippen LogP contribution in [0.1, 0.15) is 11.4 Å². The quantitative estimate of drug-likeness (QED) is 0.807. The third kappa shape index (κ3) is 2.15. The van der Waals surface area contributed by atoms with E-state index in [-0.39, 0.29) is 11.4 Å². The van der Waals surface area contributed by atoms with Crippen molar-refractivity contribution in [2.45, 2.75) is 0 Å². The summed E-state index contributed by atoms with van der Waals surface area (Å²) in [5.41, 5.74) is 1.48. The molecular weight excluding hydrogens is 280 g/mol. The van der Waals surface area contributed by atoms with Gasteiger partial charge in [0.25, 0.3) is 0 Å². The van der Waals surface area contributed by atoms with Crippen molar-refractivity contribution in [3.8, 4) is 23.4 Å². The number of aromatic nitrogens is 2. The first-order valence-corrected chi connectivity index (χ1v) is 5.47. The van der Waals surface area contributed by atoms with Gasteiger partial charge in [-0.3, -0.25) is 0 Å². The second-order valence-corrected chi connectivity index (χ2v) is 4.01. The molecule has 0 atom stereocenters. The number of nitrogens with zero attached hydrogens (tertiary/aromatic N) is 4. The second kappa shape index (κ2) is 4.73. The SMILES string of the molecule is N#Cc1ncc(-c2ccccc2Br)nc1C#N. The lowest BCUT2D eigenvalue weighted by atomic mass is 10.1. The molecule has 0 fully saturated rings. The molecule has 0 amide bonds. The van der Waals surface area contributed by atoms with Gasteiger partial charge in [-0.25, -0.2) is 9.97 Å². The predicted octanol–water partition coefficient (Wildman–Crippen LogP) is 2.65. The predicted molar refractivity (Wildman–Crippen MR) is 64.6 cm³/mol. The lowest BCUT2D eigenvalue weighted by molar-refractivity contribution is 1.13. The molecule has 0 spiro atoms. The molecular formula is C12H5BrN4. The minimum absolute atomic E-state index is 0.0424. The minimum Gasteiger partial charge on any atom is -0.240 e. The largest absolute Gasteiger partial charge is 0.240 e. The summed E-state index contributed by atoms with van der Waals surface area (Å²) in [5.74, 6) is 0. The van der Waals surface area contributed by atoms with Crippen LogP contribution in [0, 0.1) is 22.7 Å². The Labute approximate surface area is 106 Å². The van der Waals surface area contributed by atoms with Gasteiger partial charge in [0.1, 0.15) is 12.1 Å². The van der Waals surface area contributed by atoms with E-state index in [0.717, 1.165) is 10.0 Å². The van der Waals surface area contributed by atoms with Crippen LogP contribution >= 0.6 is 15.9 Å². The van der Waals surface area contributed by atoms with Crippen molar-refractivity contribution in [1.29, 1.82) is 10.5 Å². The van der Waals surface area contributed by atoms with Crippen LogP contribution in [0.15, 0.2) is 34.9 Å². The van der Waals surface area contributed by atoms with Gasteiger partial charge < -0.3 is 0 Å². The van der Waals surface area contributed by atoms with Gasteiger partial charge in [0, 0.05) is 10.0 Å². The van der Waals surface area contributed by atoms with E-state index in [1.54, 1.807) is 0 Å². The fourth-order valence-corrected chi connectivity index (χ4v) is 1.84. The molecule has 2 rings (SSSR count). The minimum atomic E-state index is 0.0424. The first kappa shape index (κ1) is 11.3. The van der Waals surface area contributed by atoms with Crippen LogP contribution in [0.25, 0.3) is 11.3 Å². The summed E-state index contributed by atoms with van der Waals surface area (Å²) in [4.78, 5) is 8.04. The van der Waals surface area contributed by atoms with Crippen molar-refractivity contribution in [3.05, 3.63) is 46.3 Å². The molecule has 1 aromatic heterocycles. The van der Waals surface area contributed by atoms with E-state index in [1.807, 2.05) is 36.4 Å². The van der Waals surface area contributed by atoms with Crippen molar-refractivity contribution < 1.29 is 0 Å².